The van der Waals surface area contributed by atoms with Crippen molar-refractivity contribution >= 4 is 0 Å². The van der Waals surface area contributed by atoms with Gasteiger partial charge in [0.15, 0.2) is 0 Å². The molecule has 40 heavy (non-hydrogen) atoms. The van der Waals surface area contributed by atoms with Crippen molar-refractivity contribution in [1.29, 1.82) is 0 Å². The van der Waals surface area contributed by atoms with Crippen molar-refractivity contribution in [2.75, 3.05) is 0 Å². The molecule has 4 aromatic carbocycles. The van der Waals surface area contributed by atoms with Gasteiger partial charge in [0.1, 0.15) is 0 Å². The van der Waals surface area contributed by atoms with E-state index in [9.17, 15) is 0 Å². The monoisotopic (exact) mass is 702 g/mol. The molecular weight excluding hydrogens is 665 g/mol. The number of hydrogen-bond acceptors (Lipinski definition) is 1. The SMILES string of the molecule is CCCCCc1ccc2c(c1)-c1cc(-c3c(C)c(C)c(-n4ccnc4-c4[c-]cccc4)c(C)c3C)ccc1C2.[Ir]. The molecule has 0 saturated heterocycles. The Kier molecular flexibility index (Phi) is 8.26. The molecule has 3 heteroatoms. The molecule has 0 fully saturated rings. The normalized spacial score (nSPS) is 11.7. The molecule has 0 aliphatic heterocycles. The summed E-state index contributed by atoms with van der Waals surface area (Å²) in [6, 6.07) is 25.7. The van der Waals surface area contributed by atoms with Gasteiger partial charge in [0, 0.05) is 38.2 Å². The summed E-state index contributed by atoms with van der Waals surface area (Å²) >= 11 is 0. The van der Waals surface area contributed by atoms with E-state index in [2.05, 4.69) is 93.9 Å². The van der Waals surface area contributed by atoms with Crippen LogP contribution in [0.1, 0.15) is 65.1 Å². The van der Waals surface area contributed by atoms with E-state index in [0.717, 1.165) is 17.8 Å². The van der Waals surface area contributed by atoms with Crippen LogP contribution in [0.4, 0.5) is 0 Å². The number of aryl methyl sites for hydroxylation is 1. The Balaban J connectivity index is 0.00000323. The smallest absolute Gasteiger partial charge is 0.0602 e. The summed E-state index contributed by atoms with van der Waals surface area (Å²) in [6.07, 6.45) is 10.0. The quantitative estimate of drug-likeness (QED) is 0.120. The number of fused-ring (bicyclic) bond motifs is 3. The maximum absolute atomic E-state index is 4.71. The van der Waals surface area contributed by atoms with Crippen LogP contribution < -0.4 is 0 Å². The van der Waals surface area contributed by atoms with E-state index in [0.29, 0.717) is 0 Å². The van der Waals surface area contributed by atoms with E-state index in [1.807, 2.05) is 24.4 Å². The first-order valence-electron chi connectivity index (χ1n) is 14.3. The molecule has 0 bridgehead atoms. The van der Waals surface area contributed by atoms with Crippen LogP contribution in [-0.4, -0.2) is 9.55 Å². The Hall–Kier alpha value is -3.26. The van der Waals surface area contributed by atoms with Gasteiger partial charge in [-0.1, -0.05) is 50.1 Å². The van der Waals surface area contributed by atoms with E-state index in [1.54, 1.807) is 0 Å². The standard InChI is InChI=1S/C37H37N2.Ir/c1-6-7-9-12-28-15-16-30-22-31-17-18-32(23-34(31)33(30)21-28)35-24(2)26(4)36(27(5)25(35)3)39-20-19-38-37(39)29-13-10-8-11-14-29;/h8,10-11,13,15-21,23H,6-7,9,12,22H2,1-5H3;/q-1;. The van der Waals surface area contributed by atoms with Crippen LogP contribution in [-0.2, 0) is 32.9 Å². The fourth-order valence-corrected chi connectivity index (χ4v) is 6.41. The van der Waals surface area contributed by atoms with Gasteiger partial charge in [0.25, 0.3) is 0 Å². The van der Waals surface area contributed by atoms with Crippen molar-refractivity contribution in [3.8, 4) is 39.3 Å². The summed E-state index contributed by atoms with van der Waals surface area (Å²) in [4.78, 5) is 4.71. The number of unbranched alkanes of at least 4 members (excludes halogenated alkanes) is 2. The van der Waals surface area contributed by atoms with Gasteiger partial charge >= 0.3 is 0 Å². The topological polar surface area (TPSA) is 17.8 Å². The van der Waals surface area contributed by atoms with Gasteiger partial charge in [0.05, 0.1) is 5.82 Å². The van der Waals surface area contributed by atoms with Crippen LogP contribution in [0.15, 0.2) is 73.1 Å². The summed E-state index contributed by atoms with van der Waals surface area (Å²) < 4.78 is 2.24. The Labute approximate surface area is 252 Å². The molecule has 2 nitrogen and oxygen atoms in total. The van der Waals surface area contributed by atoms with Gasteiger partial charge in [-0.15, -0.1) is 35.9 Å². The first-order valence-corrected chi connectivity index (χ1v) is 14.3. The summed E-state index contributed by atoms with van der Waals surface area (Å²) in [5.41, 5.74) is 17.4. The fourth-order valence-electron chi connectivity index (χ4n) is 6.41. The second kappa shape index (κ2) is 11.7. The predicted octanol–water partition coefficient (Wildman–Crippen LogP) is 9.54. The number of aromatic nitrogens is 2. The third-order valence-electron chi connectivity index (χ3n) is 8.73. The van der Waals surface area contributed by atoms with Crippen LogP contribution in [0.3, 0.4) is 0 Å². The second-order valence-corrected chi connectivity index (χ2v) is 11.1. The summed E-state index contributed by atoms with van der Waals surface area (Å²) in [6.45, 7) is 11.3. The minimum atomic E-state index is 0. The van der Waals surface area contributed by atoms with Crippen molar-refractivity contribution in [3.63, 3.8) is 0 Å². The number of nitrogens with zero attached hydrogens (tertiary/aromatic N) is 2. The summed E-state index contributed by atoms with van der Waals surface area (Å²) in [5, 5.41) is 0. The maximum atomic E-state index is 4.71. The molecular formula is C37H37IrN2-. The van der Waals surface area contributed by atoms with Gasteiger partial charge in [-0.05, 0) is 114 Å². The summed E-state index contributed by atoms with van der Waals surface area (Å²) in [7, 11) is 0. The Morgan fingerprint density at radius 3 is 2.25 bits per heavy atom. The van der Waals surface area contributed by atoms with Crippen LogP contribution in [0.25, 0.3) is 39.3 Å². The van der Waals surface area contributed by atoms with E-state index in [4.69, 9.17) is 4.98 Å². The molecule has 0 saturated carbocycles. The molecule has 1 aliphatic carbocycles. The van der Waals surface area contributed by atoms with Crippen molar-refractivity contribution in [2.24, 2.45) is 0 Å². The predicted molar refractivity (Wildman–Crippen MR) is 164 cm³/mol. The van der Waals surface area contributed by atoms with Gasteiger partial charge in [0.2, 0.25) is 0 Å². The fraction of sp³-hybridized carbons (Fsp3) is 0.270. The zero-order valence-corrected chi connectivity index (χ0v) is 26.6. The van der Waals surface area contributed by atoms with E-state index in [1.165, 1.54) is 92.6 Å². The molecule has 0 N–H and O–H groups in total. The van der Waals surface area contributed by atoms with Gasteiger partial charge in [-0.2, -0.15) is 0 Å². The Morgan fingerprint density at radius 2 is 1.55 bits per heavy atom. The number of imidazole rings is 1. The number of hydrogen-bond donors (Lipinski definition) is 0. The molecule has 1 heterocycles. The van der Waals surface area contributed by atoms with Crippen LogP contribution in [0, 0.1) is 33.8 Å². The third kappa shape index (κ3) is 4.91. The van der Waals surface area contributed by atoms with E-state index >= 15 is 0 Å². The maximum Gasteiger partial charge on any atom is 0.0602 e. The molecule has 6 rings (SSSR count). The second-order valence-electron chi connectivity index (χ2n) is 11.1. The summed E-state index contributed by atoms with van der Waals surface area (Å²) in [5.74, 6) is 0.928. The zero-order chi connectivity index (χ0) is 27.1. The third-order valence-corrected chi connectivity index (χ3v) is 8.73. The van der Waals surface area contributed by atoms with Crippen LogP contribution >= 0.6 is 0 Å². The zero-order valence-electron chi connectivity index (χ0n) is 24.2. The number of rotatable bonds is 7. The average Bonchev–Trinajstić information content (AvgIpc) is 3.58. The van der Waals surface area contributed by atoms with Gasteiger partial charge in [-0.3, -0.25) is 4.98 Å². The van der Waals surface area contributed by atoms with Crippen LogP contribution in [0.5, 0.6) is 0 Å². The van der Waals surface area contributed by atoms with Crippen molar-refractivity contribution in [3.05, 3.63) is 118 Å². The number of benzene rings is 4. The average molecular weight is 702 g/mol. The molecule has 0 amide bonds. The largest absolute Gasteiger partial charge is 0.340 e. The van der Waals surface area contributed by atoms with Crippen molar-refractivity contribution in [2.45, 2.75) is 66.7 Å². The molecule has 0 spiro atoms. The van der Waals surface area contributed by atoms with Crippen LogP contribution in [0.2, 0.25) is 0 Å². The van der Waals surface area contributed by atoms with Gasteiger partial charge in [-0.25, -0.2) is 0 Å². The molecule has 205 valence electrons. The van der Waals surface area contributed by atoms with Crippen molar-refractivity contribution in [1.82, 2.24) is 9.55 Å². The molecule has 1 radical (unpaired) electrons. The molecule has 1 aromatic heterocycles. The first kappa shape index (κ1) is 28.3. The minimum Gasteiger partial charge on any atom is -0.340 e. The molecule has 0 unspecified atom stereocenters. The van der Waals surface area contributed by atoms with E-state index < -0.39 is 0 Å². The van der Waals surface area contributed by atoms with Gasteiger partial charge < -0.3 is 4.57 Å². The molecule has 1 aliphatic rings. The Morgan fingerprint density at radius 1 is 0.825 bits per heavy atom. The van der Waals surface area contributed by atoms with E-state index in [-0.39, 0.29) is 20.1 Å². The Bertz CT molecular complexity index is 1650. The molecule has 5 aromatic rings. The van der Waals surface area contributed by atoms with Crippen molar-refractivity contribution < 1.29 is 20.1 Å². The minimum absolute atomic E-state index is 0. The molecule has 0 atom stereocenters. The first-order chi connectivity index (χ1) is 19.0.